The number of fused-ring (bicyclic) bond motifs is 1. The molecular formula is C28H32N8O3S. The molecule has 11 nitrogen and oxygen atoms in total. The van der Waals surface area contributed by atoms with Gasteiger partial charge in [0.1, 0.15) is 41.0 Å². The number of aromatic nitrogens is 4. The third-order valence-corrected chi connectivity index (χ3v) is 8.77. The molecule has 1 aliphatic heterocycles. The Kier molecular flexibility index (Phi) is 7.60. The van der Waals surface area contributed by atoms with Crippen molar-refractivity contribution < 1.29 is 13.7 Å². The van der Waals surface area contributed by atoms with E-state index in [1.807, 2.05) is 50.2 Å². The predicted molar refractivity (Wildman–Crippen MR) is 154 cm³/mol. The van der Waals surface area contributed by atoms with E-state index in [1.165, 1.54) is 6.20 Å². The van der Waals surface area contributed by atoms with Gasteiger partial charge in [-0.05, 0) is 43.7 Å². The van der Waals surface area contributed by atoms with E-state index in [4.69, 9.17) is 15.2 Å². The van der Waals surface area contributed by atoms with Gasteiger partial charge in [-0.3, -0.25) is 0 Å². The van der Waals surface area contributed by atoms with Crippen LogP contribution in [-0.4, -0.2) is 67.6 Å². The summed E-state index contributed by atoms with van der Waals surface area (Å²) >= 11 is 0. The standard InChI is InChI=1S/C28H32N8O3S/c1-28(2,30)19-39-25-18-36-27(22(14-29)17-32-36)26(34-25)21-6-9-24(31-16-21)35-10-12-40(37,13-11-35)33-15-20-4-7-23(38-3)8-5-20/h4-9,16-18H,10-13,15,19,30H2,1-3H3. The Bertz CT molecular complexity index is 1650. The molecule has 1 fully saturated rings. The van der Waals surface area contributed by atoms with E-state index in [2.05, 4.69) is 30.4 Å². The largest absolute Gasteiger partial charge is 0.497 e. The molecule has 0 amide bonds. The molecule has 3 aromatic heterocycles. The van der Waals surface area contributed by atoms with Crippen LogP contribution in [0.4, 0.5) is 5.82 Å². The van der Waals surface area contributed by atoms with Crippen molar-refractivity contribution in [3.8, 4) is 29.0 Å². The van der Waals surface area contributed by atoms with Gasteiger partial charge in [-0.2, -0.15) is 10.4 Å². The highest BCUT2D eigenvalue weighted by Crippen LogP contribution is 2.29. The van der Waals surface area contributed by atoms with Crippen LogP contribution in [0.5, 0.6) is 11.6 Å². The van der Waals surface area contributed by atoms with Crippen molar-refractivity contribution in [3.63, 3.8) is 0 Å². The lowest BCUT2D eigenvalue weighted by Crippen LogP contribution is -2.40. The quantitative estimate of drug-likeness (QED) is 0.343. The van der Waals surface area contributed by atoms with Crippen molar-refractivity contribution in [2.24, 2.45) is 10.1 Å². The number of ether oxygens (including phenoxy) is 2. The van der Waals surface area contributed by atoms with Gasteiger partial charge >= 0.3 is 0 Å². The topological polar surface area (TPSA) is 144 Å². The van der Waals surface area contributed by atoms with E-state index in [0.717, 1.165) is 22.7 Å². The van der Waals surface area contributed by atoms with Gasteiger partial charge in [0.2, 0.25) is 5.88 Å². The third kappa shape index (κ3) is 6.16. The second kappa shape index (κ2) is 11.1. The Morgan fingerprint density at radius 3 is 2.52 bits per heavy atom. The monoisotopic (exact) mass is 560 g/mol. The lowest BCUT2D eigenvalue weighted by atomic mass is 10.1. The number of nitrogens with zero attached hydrogens (tertiary/aromatic N) is 7. The molecule has 5 rings (SSSR count). The Morgan fingerprint density at radius 1 is 1.15 bits per heavy atom. The highest BCUT2D eigenvalue weighted by atomic mass is 32.2. The fraction of sp³-hybridized carbons (Fsp3) is 0.357. The summed E-state index contributed by atoms with van der Waals surface area (Å²) in [4.78, 5) is 11.5. The van der Waals surface area contributed by atoms with E-state index in [0.29, 0.717) is 53.8 Å². The van der Waals surface area contributed by atoms with Gasteiger partial charge in [-0.1, -0.05) is 12.1 Å². The van der Waals surface area contributed by atoms with E-state index in [9.17, 15) is 9.47 Å². The van der Waals surface area contributed by atoms with Crippen LogP contribution in [0.2, 0.25) is 0 Å². The van der Waals surface area contributed by atoms with Gasteiger partial charge < -0.3 is 20.1 Å². The minimum absolute atomic E-state index is 0.263. The third-order valence-electron chi connectivity index (χ3n) is 6.53. The van der Waals surface area contributed by atoms with Crippen LogP contribution in [0.15, 0.2) is 59.4 Å². The molecule has 0 atom stereocenters. The van der Waals surface area contributed by atoms with Crippen molar-refractivity contribution in [2.45, 2.75) is 25.9 Å². The summed E-state index contributed by atoms with van der Waals surface area (Å²) in [7, 11) is -0.662. The molecule has 0 radical (unpaired) electrons. The number of hydrogen-bond acceptors (Lipinski definition) is 10. The maximum Gasteiger partial charge on any atom is 0.233 e. The average Bonchev–Trinajstić information content (AvgIpc) is 3.38. The fourth-order valence-electron chi connectivity index (χ4n) is 4.32. The van der Waals surface area contributed by atoms with Crippen molar-refractivity contribution in [1.29, 1.82) is 5.26 Å². The maximum atomic E-state index is 13.3. The first kappa shape index (κ1) is 27.4. The van der Waals surface area contributed by atoms with Gasteiger partial charge in [0.25, 0.3) is 0 Å². The number of nitrogens with two attached hydrogens (primary N) is 1. The van der Waals surface area contributed by atoms with Crippen LogP contribution in [0.25, 0.3) is 16.8 Å². The molecule has 1 aliphatic rings. The lowest BCUT2D eigenvalue weighted by molar-refractivity contribution is 0.234. The Balaban J connectivity index is 1.32. The molecule has 4 heterocycles. The number of pyridine rings is 1. The number of rotatable bonds is 8. The second-order valence-electron chi connectivity index (χ2n) is 10.4. The highest BCUT2D eigenvalue weighted by molar-refractivity contribution is 7.93. The van der Waals surface area contributed by atoms with Crippen LogP contribution >= 0.6 is 0 Å². The number of benzene rings is 1. The first-order valence-electron chi connectivity index (χ1n) is 12.9. The summed E-state index contributed by atoms with van der Waals surface area (Å²) in [5.74, 6) is 2.87. The predicted octanol–water partition coefficient (Wildman–Crippen LogP) is 3.28. The zero-order valence-electron chi connectivity index (χ0n) is 22.8. The molecule has 2 N–H and O–H groups in total. The van der Waals surface area contributed by atoms with Crippen molar-refractivity contribution in [1.82, 2.24) is 19.6 Å². The minimum atomic E-state index is -2.29. The zero-order chi connectivity index (χ0) is 28.3. The van der Waals surface area contributed by atoms with E-state index < -0.39 is 15.3 Å². The van der Waals surface area contributed by atoms with Crippen LogP contribution in [0, 0.1) is 11.3 Å². The Hall–Kier alpha value is -4.21. The molecular weight excluding hydrogens is 528 g/mol. The summed E-state index contributed by atoms with van der Waals surface area (Å²) in [5.41, 5.74) is 8.78. The van der Waals surface area contributed by atoms with Gasteiger partial charge in [0.15, 0.2) is 0 Å². The van der Waals surface area contributed by atoms with Gasteiger partial charge in [0.05, 0.1) is 35.8 Å². The highest BCUT2D eigenvalue weighted by Gasteiger charge is 2.22. The zero-order valence-corrected chi connectivity index (χ0v) is 23.6. The van der Waals surface area contributed by atoms with Crippen molar-refractivity contribution >= 4 is 21.1 Å². The second-order valence-corrected chi connectivity index (χ2v) is 13.0. The SMILES string of the molecule is COc1ccc(CN=S2(=O)CCN(c3ccc(-c4nc(OCC(C)(C)N)cn5ncc(C#N)c45)cn3)CC2)cc1. The summed E-state index contributed by atoms with van der Waals surface area (Å²) in [6.07, 6.45) is 4.87. The summed E-state index contributed by atoms with van der Waals surface area (Å²) < 4.78 is 30.5. The molecule has 1 saturated heterocycles. The molecule has 208 valence electrons. The summed E-state index contributed by atoms with van der Waals surface area (Å²) in [5, 5.41) is 13.9. The van der Waals surface area contributed by atoms with Crippen LogP contribution < -0.4 is 20.1 Å². The van der Waals surface area contributed by atoms with Crippen LogP contribution in [0.3, 0.4) is 0 Å². The maximum absolute atomic E-state index is 13.3. The first-order valence-corrected chi connectivity index (χ1v) is 14.7. The first-order chi connectivity index (χ1) is 19.2. The van der Waals surface area contributed by atoms with Crippen molar-refractivity contribution in [3.05, 3.63) is 66.1 Å². The molecule has 1 aromatic carbocycles. The molecule has 0 spiro atoms. The van der Waals surface area contributed by atoms with Gasteiger partial charge in [0, 0.05) is 41.9 Å². The molecule has 0 bridgehead atoms. The van der Waals surface area contributed by atoms with Gasteiger partial charge in [-0.15, -0.1) is 0 Å². The average molecular weight is 561 g/mol. The smallest absolute Gasteiger partial charge is 0.233 e. The molecule has 0 aliphatic carbocycles. The molecule has 12 heteroatoms. The normalized spacial score (nSPS) is 15.0. The van der Waals surface area contributed by atoms with Crippen LogP contribution in [-0.2, 0) is 16.3 Å². The Morgan fingerprint density at radius 2 is 1.90 bits per heavy atom. The van der Waals surface area contributed by atoms with Gasteiger partial charge in [-0.25, -0.2) is 23.1 Å². The summed E-state index contributed by atoms with van der Waals surface area (Å²) in [6.45, 7) is 5.61. The van der Waals surface area contributed by atoms with E-state index >= 15 is 0 Å². The lowest BCUT2D eigenvalue weighted by Gasteiger charge is -2.29. The molecule has 40 heavy (non-hydrogen) atoms. The Labute approximate surface area is 233 Å². The minimum Gasteiger partial charge on any atom is -0.497 e. The molecule has 0 saturated carbocycles. The number of methoxy groups -OCH3 is 1. The number of hydrogen-bond donors (Lipinski definition) is 1. The summed E-state index contributed by atoms with van der Waals surface area (Å²) in [6, 6.07) is 13.7. The fourth-order valence-corrected chi connectivity index (χ4v) is 6.18. The molecule has 4 aromatic rings. The van der Waals surface area contributed by atoms with Crippen molar-refractivity contribution in [2.75, 3.05) is 43.2 Å². The van der Waals surface area contributed by atoms with E-state index in [1.54, 1.807) is 24.0 Å². The molecule has 0 unspecified atom stereocenters. The number of nitriles is 1. The number of anilines is 1. The van der Waals surface area contributed by atoms with Crippen LogP contribution in [0.1, 0.15) is 25.0 Å². The van der Waals surface area contributed by atoms with E-state index in [-0.39, 0.29) is 6.61 Å².